The van der Waals surface area contributed by atoms with Crippen LogP contribution in [0, 0.1) is 5.92 Å². The van der Waals surface area contributed by atoms with Crippen LogP contribution in [0.1, 0.15) is 27.2 Å². The third kappa shape index (κ3) is 4.77. The van der Waals surface area contributed by atoms with E-state index in [0.29, 0.717) is 6.42 Å². The molecule has 0 fully saturated rings. The molecule has 0 heterocycles. The summed E-state index contributed by atoms with van der Waals surface area (Å²) in [7, 11) is 1.59. The van der Waals surface area contributed by atoms with E-state index in [4.69, 9.17) is 9.47 Å². The quantitative estimate of drug-likeness (QED) is 0.746. The van der Waals surface area contributed by atoms with E-state index in [1.54, 1.807) is 38.3 Å². The van der Waals surface area contributed by atoms with Gasteiger partial charge in [-0.1, -0.05) is 6.92 Å². The molecule has 0 aliphatic rings. The lowest BCUT2D eigenvalue weighted by molar-refractivity contribution is -0.147. The van der Waals surface area contributed by atoms with E-state index < -0.39 is 17.9 Å². The molecule has 0 spiro atoms. The van der Waals surface area contributed by atoms with Gasteiger partial charge in [0.2, 0.25) is 0 Å². The Morgan fingerprint density at radius 3 is 2.24 bits per heavy atom. The summed E-state index contributed by atoms with van der Waals surface area (Å²) >= 11 is 0. The zero-order valence-corrected chi connectivity index (χ0v) is 13.0. The van der Waals surface area contributed by atoms with Gasteiger partial charge >= 0.3 is 5.97 Å². The molecule has 1 aromatic rings. The summed E-state index contributed by atoms with van der Waals surface area (Å²) in [6.07, 6.45) is 0.571. The Morgan fingerprint density at radius 2 is 1.81 bits per heavy atom. The standard InChI is InChI=1S/C16H23NO4/c1-5-14(11(3)18)15(16(19)21-6-2)17-12-7-9-13(20-4)10-8-12/h7-10,14-15,17H,5-6H2,1-4H3/t14-,15+/m1/s1. The van der Waals surface area contributed by atoms with Crippen molar-refractivity contribution in [1.29, 1.82) is 0 Å². The molecular weight excluding hydrogens is 270 g/mol. The lowest BCUT2D eigenvalue weighted by Gasteiger charge is -2.24. The van der Waals surface area contributed by atoms with Crippen LogP contribution >= 0.6 is 0 Å². The van der Waals surface area contributed by atoms with E-state index in [1.165, 1.54) is 6.92 Å². The largest absolute Gasteiger partial charge is 0.497 e. The molecular formula is C16H23NO4. The molecule has 0 radical (unpaired) electrons. The number of anilines is 1. The summed E-state index contributed by atoms with van der Waals surface area (Å²) in [5.74, 6) is -0.120. The zero-order valence-electron chi connectivity index (χ0n) is 13.0. The number of hydrogen-bond acceptors (Lipinski definition) is 5. The number of nitrogens with one attached hydrogen (secondary N) is 1. The van der Waals surface area contributed by atoms with E-state index in [0.717, 1.165) is 11.4 Å². The van der Waals surface area contributed by atoms with Crippen molar-refractivity contribution in [2.75, 3.05) is 19.0 Å². The van der Waals surface area contributed by atoms with Crippen molar-refractivity contribution in [2.45, 2.75) is 33.2 Å². The van der Waals surface area contributed by atoms with Crippen molar-refractivity contribution in [3.63, 3.8) is 0 Å². The second kappa shape index (κ2) is 8.29. The van der Waals surface area contributed by atoms with Crippen molar-refractivity contribution < 1.29 is 19.1 Å². The lowest BCUT2D eigenvalue weighted by Crippen LogP contribution is -2.41. The van der Waals surface area contributed by atoms with Crippen LogP contribution in [0.2, 0.25) is 0 Å². The number of ether oxygens (including phenoxy) is 2. The highest BCUT2D eigenvalue weighted by atomic mass is 16.5. The molecule has 1 aromatic carbocycles. The van der Waals surface area contributed by atoms with Crippen molar-refractivity contribution in [3.05, 3.63) is 24.3 Å². The summed E-state index contributed by atoms with van der Waals surface area (Å²) in [6, 6.07) is 6.51. The SMILES string of the molecule is CCOC(=O)[C@@H](Nc1ccc(OC)cc1)[C@H](CC)C(C)=O. The maximum Gasteiger partial charge on any atom is 0.329 e. The molecule has 0 amide bonds. The number of methoxy groups -OCH3 is 1. The first-order valence-electron chi connectivity index (χ1n) is 7.11. The Bertz CT molecular complexity index is 470. The van der Waals surface area contributed by atoms with Gasteiger partial charge in [0.15, 0.2) is 0 Å². The van der Waals surface area contributed by atoms with E-state index in [-0.39, 0.29) is 12.4 Å². The highest BCUT2D eigenvalue weighted by Crippen LogP contribution is 2.20. The first-order chi connectivity index (χ1) is 10.0. The van der Waals surface area contributed by atoms with Crippen LogP contribution in [-0.4, -0.2) is 31.5 Å². The molecule has 1 N–H and O–H groups in total. The number of rotatable bonds is 8. The Morgan fingerprint density at radius 1 is 1.19 bits per heavy atom. The minimum absolute atomic E-state index is 0.0310. The second-order valence-electron chi connectivity index (χ2n) is 4.73. The minimum atomic E-state index is -0.680. The molecule has 1 rings (SSSR count). The molecule has 0 bridgehead atoms. The van der Waals surface area contributed by atoms with Gasteiger partial charge in [0.1, 0.15) is 17.6 Å². The zero-order chi connectivity index (χ0) is 15.8. The van der Waals surface area contributed by atoms with Gasteiger partial charge in [0.05, 0.1) is 13.7 Å². The molecule has 116 valence electrons. The third-order valence-electron chi connectivity index (χ3n) is 3.32. The average Bonchev–Trinajstić information content (AvgIpc) is 2.47. The van der Waals surface area contributed by atoms with Gasteiger partial charge in [0, 0.05) is 11.6 Å². The Kier molecular flexibility index (Phi) is 6.72. The maximum absolute atomic E-state index is 12.1. The summed E-state index contributed by atoms with van der Waals surface area (Å²) in [6.45, 7) is 5.41. The molecule has 0 aliphatic heterocycles. The van der Waals surface area contributed by atoms with Crippen molar-refractivity contribution in [2.24, 2.45) is 5.92 Å². The van der Waals surface area contributed by atoms with Gasteiger partial charge in [-0.05, 0) is 44.5 Å². The smallest absolute Gasteiger partial charge is 0.329 e. The van der Waals surface area contributed by atoms with E-state index in [9.17, 15) is 9.59 Å². The number of ketones is 1. The molecule has 0 aromatic heterocycles. The molecule has 0 saturated heterocycles. The van der Waals surface area contributed by atoms with E-state index >= 15 is 0 Å². The minimum Gasteiger partial charge on any atom is -0.497 e. The number of benzene rings is 1. The van der Waals surface area contributed by atoms with Crippen molar-refractivity contribution >= 4 is 17.4 Å². The predicted molar refractivity (Wildman–Crippen MR) is 81.5 cm³/mol. The highest BCUT2D eigenvalue weighted by Gasteiger charge is 2.31. The fourth-order valence-corrected chi connectivity index (χ4v) is 2.18. The predicted octanol–water partition coefficient (Wildman–Crippen LogP) is 2.65. The maximum atomic E-state index is 12.1. The highest BCUT2D eigenvalue weighted by molar-refractivity contribution is 5.89. The summed E-state index contributed by atoms with van der Waals surface area (Å²) in [4.78, 5) is 23.9. The summed E-state index contributed by atoms with van der Waals surface area (Å²) in [5, 5.41) is 3.10. The molecule has 21 heavy (non-hydrogen) atoms. The van der Waals surface area contributed by atoms with Gasteiger partial charge < -0.3 is 14.8 Å². The number of carbonyl (C=O) groups excluding carboxylic acids is 2. The molecule has 0 saturated carbocycles. The Hall–Kier alpha value is -2.04. The van der Waals surface area contributed by atoms with Crippen LogP contribution in [-0.2, 0) is 14.3 Å². The van der Waals surface area contributed by atoms with Gasteiger partial charge in [-0.2, -0.15) is 0 Å². The molecule has 2 atom stereocenters. The number of Topliss-reactive ketones (excluding diaryl/α,β-unsaturated/α-hetero) is 1. The van der Waals surface area contributed by atoms with Crippen molar-refractivity contribution in [3.8, 4) is 5.75 Å². The van der Waals surface area contributed by atoms with E-state index in [1.807, 2.05) is 6.92 Å². The van der Waals surface area contributed by atoms with Crippen LogP contribution in [0.5, 0.6) is 5.75 Å². The fraction of sp³-hybridized carbons (Fsp3) is 0.500. The van der Waals surface area contributed by atoms with Crippen LogP contribution in [0.3, 0.4) is 0 Å². The van der Waals surface area contributed by atoms with Crippen LogP contribution in [0.25, 0.3) is 0 Å². The monoisotopic (exact) mass is 293 g/mol. The first kappa shape index (κ1) is 17.0. The van der Waals surface area contributed by atoms with Gasteiger partial charge in [-0.15, -0.1) is 0 Å². The Labute approximate surface area is 125 Å². The van der Waals surface area contributed by atoms with Crippen LogP contribution < -0.4 is 10.1 Å². The molecule has 5 nitrogen and oxygen atoms in total. The lowest BCUT2D eigenvalue weighted by atomic mass is 9.92. The molecule has 5 heteroatoms. The summed E-state index contributed by atoms with van der Waals surface area (Å²) < 4.78 is 10.2. The third-order valence-corrected chi connectivity index (χ3v) is 3.32. The fourth-order valence-electron chi connectivity index (χ4n) is 2.18. The van der Waals surface area contributed by atoms with Crippen LogP contribution in [0.15, 0.2) is 24.3 Å². The molecule has 0 unspecified atom stereocenters. The summed E-state index contributed by atoms with van der Waals surface area (Å²) in [5.41, 5.74) is 0.744. The normalized spacial score (nSPS) is 13.1. The van der Waals surface area contributed by atoms with Crippen LogP contribution in [0.4, 0.5) is 5.69 Å². The van der Waals surface area contributed by atoms with E-state index in [2.05, 4.69) is 5.32 Å². The second-order valence-corrected chi connectivity index (χ2v) is 4.73. The average molecular weight is 293 g/mol. The van der Waals surface area contributed by atoms with Crippen molar-refractivity contribution in [1.82, 2.24) is 0 Å². The Balaban J connectivity index is 2.94. The van der Waals surface area contributed by atoms with Gasteiger partial charge in [-0.25, -0.2) is 4.79 Å². The number of esters is 1. The van der Waals surface area contributed by atoms with Gasteiger partial charge in [-0.3, -0.25) is 4.79 Å². The molecule has 0 aliphatic carbocycles. The van der Waals surface area contributed by atoms with Gasteiger partial charge in [0.25, 0.3) is 0 Å². The topological polar surface area (TPSA) is 64.6 Å². The number of hydrogen-bond donors (Lipinski definition) is 1. The first-order valence-corrected chi connectivity index (χ1v) is 7.11. The number of carbonyl (C=O) groups is 2.